The number of nitrogens with one attached hydrogen (secondary N) is 2. The minimum absolute atomic E-state index is 0.000592. The van der Waals surface area contributed by atoms with Crippen molar-refractivity contribution in [2.45, 2.75) is 16.6 Å². The molecule has 4 aromatic carbocycles. The van der Waals surface area contributed by atoms with Gasteiger partial charge in [-0.15, -0.1) is 11.8 Å². The van der Waals surface area contributed by atoms with Gasteiger partial charge >= 0.3 is 0 Å². The van der Waals surface area contributed by atoms with Crippen LogP contribution in [0.15, 0.2) is 108 Å². The maximum Gasteiger partial charge on any atom is 0.272 e. The summed E-state index contributed by atoms with van der Waals surface area (Å²) in [7, 11) is 1.56. The lowest BCUT2D eigenvalue weighted by atomic mass is 10.1. The number of carbonyl (C=O) groups is 4. The van der Waals surface area contributed by atoms with Gasteiger partial charge in [0.1, 0.15) is 11.4 Å². The van der Waals surface area contributed by atoms with Gasteiger partial charge in [-0.3, -0.25) is 19.2 Å². The first-order valence-electron chi connectivity index (χ1n) is 13.3. The Kier molecular flexibility index (Phi) is 9.69. The van der Waals surface area contributed by atoms with Crippen LogP contribution in [0.1, 0.15) is 22.3 Å². The first kappa shape index (κ1) is 30.9. The second-order valence-electron chi connectivity index (χ2n) is 9.61. The van der Waals surface area contributed by atoms with E-state index >= 15 is 0 Å². The molecule has 4 amide bonds. The lowest BCUT2D eigenvalue weighted by Gasteiger charge is -2.16. The van der Waals surface area contributed by atoms with E-state index in [0.717, 1.165) is 4.90 Å². The maximum atomic E-state index is 13.5. The standard InChI is InChI=1S/C33H25Cl2N3O5S/c1-43-24-13-10-20(11-14-24)16-28(37-31(40)21-6-3-2-4-7-21)32(41)36-22-8-5-9-25(17-22)44-29-19-30(39)38(33(29)42)23-12-15-26(34)27(35)18-23/h2-18,29H,19H2,1H3,(H,36,41)(H,37,40)/b28-16-/t29-/m1/s1. The summed E-state index contributed by atoms with van der Waals surface area (Å²) in [6.07, 6.45) is 1.56. The molecule has 0 bridgehead atoms. The zero-order chi connectivity index (χ0) is 31.2. The zero-order valence-electron chi connectivity index (χ0n) is 23.3. The molecule has 0 aliphatic carbocycles. The van der Waals surface area contributed by atoms with E-state index in [1.54, 1.807) is 98.1 Å². The Labute approximate surface area is 268 Å². The fraction of sp³-hybridized carbons (Fsp3) is 0.0909. The number of carbonyl (C=O) groups excluding carboxylic acids is 4. The van der Waals surface area contributed by atoms with Gasteiger partial charge in [0, 0.05) is 22.6 Å². The van der Waals surface area contributed by atoms with Crippen LogP contribution in [0.4, 0.5) is 11.4 Å². The fourth-order valence-electron chi connectivity index (χ4n) is 4.41. The van der Waals surface area contributed by atoms with Gasteiger partial charge in [0.15, 0.2) is 0 Å². The van der Waals surface area contributed by atoms with Crippen LogP contribution in [-0.4, -0.2) is 36.0 Å². The summed E-state index contributed by atoms with van der Waals surface area (Å²) in [5.41, 5.74) is 1.88. The number of thioether (sulfide) groups is 1. The number of ether oxygens (including phenoxy) is 1. The van der Waals surface area contributed by atoms with Gasteiger partial charge in [0.25, 0.3) is 11.8 Å². The first-order chi connectivity index (χ1) is 21.2. The lowest BCUT2D eigenvalue weighted by molar-refractivity contribution is -0.121. The Morgan fingerprint density at radius 1 is 0.909 bits per heavy atom. The smallest absolute Gasteiger partial charge is 0.272 e. The Bertz CT molecular complexity index is 1760. The van der Waals surface area contributed by atoms with E-state index in [2.05, 4.69) is 10.6 Å². The number of methoxy groups -OCH3 is 1. The van der Waals surface area contributed by atoms with E-state index < -0.39 is 17.1 Å². The van der Waals surface area contributed by atoms with E-state index in [1.807, 2.05) is 0 Å². The van der Waals surface area contributed by atoms with Crippen LogP contribution in [-0.2, 0) is 14.4 Å². The SMILES string of the molecule is COc1ccc(/C=C(\NC(=O)c2ccccc2)C(=O)Nc2cccc(S[C@@H]3CC(=O)N(c4ccc(Cl)c(Cl)c4)C3=O)c2)cc1. The second kappa shape index (κ2) is 13.8. The predicted octanol–water partition coefficient (Wildman–Crippen LogP) is 6.84. The summed E-state index contributed by atoms with van der Waals surface area (Å²) in [6, 6.07) is 27.1. The van der Waals surface area contributed by atoms with Crippen molar-refractivity contribution in [2.75, 3.05) is 17.3 Å². The largest absolute Gasteiger partial charge is 0.497 e. The molecule has 2 N–H and O–H groups in total. The summed E-state index contributed by atoms with van der Waals surface area (Å²) >= 11 is 13.3. The topological polar surface area (TPSA) is 105 Å². The van der Waals surface area contributed by atoms with Crippen LogP contribution in [0.5, 0.6) is 5.75 Å². The lowest BCUT2D eigenvalue weighted by Crippen LogP contribution is -2.31. The van der Waals surface area contributed by atoms with E-state index in [1.165, 1.54) is 23.9 Å². The monoisotopic (exact) mass is 645 g/mol. The third-order valence-electron chi connectivity index (χ3n) is 6.59. The third kappa shape index (κ3) is 7.31. The molecule has 0 unspecified atom stereocenters. The molecule has 1 fully saturated rings. The maximum absolute atomic E-state index is 13.5. The van der Waals surface area contributed by atoms with Gasteiger partial charge in [0.05, 0.1) is 28.1 Å². The molecule has 1 aliphatic rings. The molecule has 0 spiro atoms. The highest BCUT2D eigenvalue weighted by Gasteiger charge is 2.40. The third-order valence-corrected chi connectivity index (χ3v) is 8.51. The molecule has 5 rings (SSSR count). The summed E-state index contributed by atoms with van der Waals surface area (Å²) in [4.78, 5) is 54.1. The van der Waals surface area contributed by atoms with Gasteiger partial charge < -0.3 is 15.4 Å². The predicted molar refractivity (Wildman–Crippen MR) is 173 cm³/mol. The Morgan fingerprint density at radius 3 is 2.36 bits per heavy atom. The van der Waals surface area contributed by atoms with E-state index in [9.17, 15) is 19.2 Å². The Hall–Kier alpha value is -4.57. The summed E-state index contributed by atoms with van der Waals surface area (Å²) < 4.78 is 5.21. The Balaban J connectivity index is 1.33. The molecule has 222 valence electrons. The van der Waals surface area contributed by atoms with Crippen molar-refractivity contribution < 1.29 is 23.9 Å². The normalized spacial score (nSPS) is 14.8. The van der Waals surface area contributed by atoms with E-state index in [0.29, 0.717) is 38.2 Å². The van der Waals surface area contributed by atoms with Crippen molar-refractivity contribution in [1.82, 2.24) is 5.32 Å². The molecule has 44 heavy (non-hydrogen) atoms. The molecule has 11 heteroatoms. The molecule has 1 saturated heterocycles. The molecule has 4 aromatic rings. The molecular formula is C33H25Cl2N3O5S. The number of hydrogen-bond donors (Lipinski definition) is 2. The molecule has 0 saturated carbocycles. The molecule has 8 nitrogen and oxygen atoms in total. The molecule has 1 heterocycles. The zero-order valence-corrected chi connectivity index (χ0v) is 25.6. The van der Waals surface area contributed by atoms with Crippen LogP contribution in [0.3, 0.4) is 0 Å². The highest BCUT2D eigenvalue weighted by Crippen LogP contribution is 2.36. The number of nitrogens with zero attached hydrogens (tertiary/aromatic N) is 1. The summed E-state index contributed by atoms with van der Waals surface area (Å²) in [6.45, 7) is 0. The molecule has 0 aromatic heterocycles. The van der Waals surface area contributed by atoms with Gasteiger partial charge in [-0.25, -0.2) is 4.90 Å². The minimum atomic E-state index is -0.668. The van der Waals surface area contributed by atoms with Gasteiger partial charge in [-0.1, -0.05) is 59.6 Å². The summed E-state index contributed by atoms with van der Waals surface area (Å²) in [5.74, 6) is -1.07. The van der Waals surface area contributed by atoms with Crippen LogP contribution in [0, 0.1) is 0 Å². The molecule has 1 atom stereocenters. The minimum Gasteiger partial charge on any atom is -0.497 e. The van der Waals surface area contributed by atoms with E-state index in [4.69, 9.17) is 27.9 Å². The van der Waals surface area contributed by atoms with Gasteiger partial charge in [-0.05, 0) is 72.3 Å². The Morgan fingerprint density at radius 2 is 1.66 bits per heavy atom. The number of anilines is 2. The summed E-state index contributed by atoms with van der Waals surface area (Å²) in [5, 5.41) is 5.43. The van der Waals surface area contributed by atoms with E-state index in [-0.39, 0.29) is 29.0 Å². The second-order valence-corrected chi connectivity index (χ2v) is 11.7. The van der Waals surface area contributed by atoms with Crippen molar-refractivity contribution in [3.8, 4) is 5.75 Å². The number of amides is 4. The van der Waals surface area contributed by atoms with Gasteiger partial charge in [0.2, 0.25) is 11.8 Å². The number of benzene rings is 4. The van der Waals surface area contributed by atoms with Crippen molar-refractivity contribution in [3.05, 3.63) is 124 Å². The van der Waals surface area contributed by atoms with Crippen LogP contribution in [0.25, 0.3) is 6.08 Å². The fourth-order valence-corrected chi connectivity index (χ4v) is 5.82. The van der Waals surface area contributed by atoms with Crippen molar-refractivity contribution in [3.63, 3.8) is 0 Å². The first-order valence-corrected chi connectivity index (χ1v) is 15.0. The average Bonchev–Trinajstić information content (AvgIpc) is 3.30. The van der Waals surface area contributed by atoms with Crippen molar-refractivity contribution in [1.29, 1.82) is 0 Å². The van der Waals surface area contributed by atoms with Crippen LogP contribution in [0.2, 0.25) is 10.0 Å². The molecule has 0 radical (unpaired) electrons. The number of hydrogen-bond acceptors (Lipinski definition) is 6. The molecular weight excluding hydrogens is 621 g/mol. The number of rotatable bonds is 9. The average molecular weight is 647 g/mol. The van der Waals surface area contributed by atoms with Crippen molar-refractivity contribution in [2.24, 2.45) is 0 Å². The highest BCUT2D eigenvalue weighted by atomic mass is 35.5. The van der Waals surface area contributed by atoms with Crippen LogP contribution >= 0.6 is 35.0 Å². The molecule has 1 aliphatic heterocycles. The van der Waals surface area contributed by atoms with Gasteiger partial charge in [-0.2, -0.15) is 0 Å². The number of imide groups is 1. The number of halogens is 2. The highest BCUT2D eigenvalue weighted by molar-refractivity contribution is 8.00. The quantitative estimate of drug-likeness (QED) is 0.153. The van der Waals surface area contributed by atoms with Crippen molar-refractivity contribution >= 4 is 76.0 Å². The van der Waals surface area contributed by atoms with Crippen LogP contribution < -0.4 is 20.3 Å².